The van der Waals surface area contributed by atoms with Gasteiger partial charge in [0.25, 0.3) is 5.91 Å². The van der Waals surface area contributed by atoms with E-state index in [2.05, 4.69) is 27.8 Å². The summed E-state index contributed by atoms with van der Waals surface area (Å²) in [5.41, 5.74) is 0.662. The third kappa shape index (κ3) is 3.77. The van der Waals surface area contributed by atoms with Crippen molar-refractivity contribution in [2.24, 2.45) is 0 Å². The lowest BCUT2D eigenvalue weighted by Gasteiger charge is -2.36. The van der Waals surface area contributed by atoms with Gasteiger partial charge in [-0.2, -0.15) is 0 Å². The van der Waals surface area contributed by atoms with Crippen molar-refractivity contribution >= 4 is 21.8 Å². The molecule has 0 bridgehead atoms. The molecule has 1 amide bonds. The Morgan fingerprint density at radius 3 is 2.67 bits per heavy atom. The number of piperidine rings is 1. The van der Waals surface area contributed by atoms with Gasteiger partial charge in [0.1, 0.15) is 5.75 Å². The Hall–Kier alpha value is -1.07. The number of likely N-dealkylation sites (tertiary alicyclic amines) is 1. The van der Waals surface area contributed by atoms with Gasteiger partial charge in [-0.25, -0.2) is 0 Å². The zero-order valence-electron chi connectivity index (χ0n) is 12.9. The highest BCUT2D eigenvalue weighted by molar-refractivity contribution is 9.10. The first kappa shape index (κ1) is 16.3. The molecule has 0 aliphatic carbocycles. The Balaban J connectivity index is 2.09. The molecule has 0 N–H and O–H groups in total. The van der Waals surface area contributed by atoms with E-state index in [0.717, 1.165) is 36.9 Å². The predicted molar refractivity (Wildman–Crippen MR) is 87.9 cm³/mol. The van der Waals surface area contributed by atoms with Crippen molar-refractivity contribution in [3.05, 3.63) is 28.2 Å². The van der Waals surface area contributed by atoms with Crippen molar-refractivity contribution in [2.45, 2.75) is 25.8 Å². The van der Waals surface area contributed by atoms with Crippen LogP contribution in [0.1, 0.15) is 30.1 Å². The molecule has 116 valence electrons. The van der Waals surface area contributed by atoms with Crippen LogP contribution in [0, 0.1) is 0 Å². The number of nitrogens with zero attached hydrogens (tertiary/aromatic N) is 2. The first-order valence-electron chi connectivity index (χ1n) is 7.39. The van der Waals surface area contributed by atoms with Crippen molar-refractivity contribution in [3.63, 3.8) is 0 Å². The highest BCUT2D eigenvalue weighted by Crippen LogP contribution is 2.25. The summed E-state index contributed by atoms with van der Waals surface area (Å²) in [6.45, 7) is 5.41. The maximum atomic E-state index is 12.7. The fourth-order valence-corrected chi connectivity index (χ4v) is 3.19. The lowest BCUT2D eigenvalue weighted by molar-refractivity contribution is 0.0645. The number of carbonyl (C=O) groups is 1. The van der Waals surface area contributed by atoms with Gasteiger partial charge in [0, 0.05) is 30.7 Å². The predicted octanol–water partition coefficient (Wildman–Crippen LogP) is 3.01. The molecule has 4 nitrogen and oxygen atoms in total. The third-order valence-electron chi connectivity index (χ3n) is 4.28. The monoisotopic (exact) mass is 354 g/mol. The highest BCUT2D eigenvalue weighted by atomic mass is 79.9. The van der Waals surface area contributed by atoms with Crippen molar-refractivity contribution in [2.75, 3.05) is 33.8 Å². The average molecular weight is 355 g/mol. The molecule has 1 aliphatic rings. The van der Waals surface area contributed by atoms with Gasteiger partial charge in [0.15, 0.2) is 0 Å². The van der Waals surface area contributed by atoms with Crippen LogP contribution in [0.15, 0.2) is 22.7 Å². The number of hydrogen-bond donors (Lipinski definition) is 0. The molecule has 1 aromatic rings. The molecule has 1 heterocycles. The van der Waals surface area contributed by atoms with Crippen LogP contribution in [0.25, 0.3) is 0 Å². The van der Waals surface area contributed by atoms with E-state index in [0.29, 0.717) is 17.4 Å². The van der Waals surface area contributed by atoms with Crippen LogP contribution in [0.4, 0.5) is 0 Å². The smallest absolute Gasteiger partial charge is 0.255 e. The summed E-state index contributed by atoms with van der Waals surface area (Å²) in [7, 11) is 3.52. The Bertz CT molecular complexity index is 499. The largest absolute Gasteiger partial charge is 0.497 e. The van der Waals surface area contributed by atoms with E-state index in [-0.39, 0.29) is 5.91 Å². The Morgan fingerprint density at radius 2 is 2.10 bits per heavy atom. The molecule has 2 rings (SSSR count). The van der Waals surface area contributed by atoms with E-state index >= 15 is 0 Å². The number of ether oxygens (including phenoxy) is 1. The summed E-state index contributed by atoms with van der Waals surface area (Å²) in [5.74, 6) is 0.756. The fourth-order valence-electron chi connectivity index (χ4n) is 2.77. The van der Waals surface area contributed by atoms with E-state index in [4.69, 9.17) is 4.74 Å². The minimum atomic E-state index is 0.0516. The van der Waals surface area contributed by atoms with Crippen molar-refractivity contribution < 1.29 is 9.53 Å². The van der Waals surface area contributed by atoms with E-state index in [9.17, 15) is 4.79 Å². The van der Waals surface area contributed by atoms with Crippen molar-refractivity contribution in [1.82, 2.24) is 9.80 Å². The molecule has 0 saturated carbocycles. The molecule has 0 atom stereocenters. The van der Waals surface area contributed by atoms with Crippen LogP contribution in [0.3, 0.4) is 0 Å². The Labute approximate surface area is 135 Å². The lowest BCUT2D eigenvalue weighted by atomic mass is 10.0. The van der Waals surface area contributed by atoms with Crippen LogP contribution in [0.2, 0.25) is 0 Å². The molecule has 1 fully saturated rings. The number of hydrogen-bond acceptors (Lipinski definition) is 3. The van der Waals surface area contributed by atoms with E-state index in [1.807, 2.05) is 24.1 Å². The zero-order valence-corrected chi connectivity index (χ0v) is 14.5. The van der Waals surface area contributed by atoms with Gasteiger partial charge in [-0.3, -0.25) is 4.79 Å². The number of methoxy groups -OCH3 is 1. The second-order valence-corrected chi connectivity index (χ2v) is 6.28. The molecule has 0 aromatic heterocycles. The molecule has 21 heavy (non-hydrogen) atoms. The van der Waals surface area contributed by atoms with Crippen LogP contribution in [0.5, 0.6) is 5.75 Å². The first-order chi connectivity index (χ1) is 10.1. The van der Waals surface area contributed by atoms with Gasteiger partial charge < -0.3 is 14.5 Å². The quantitative estimate of drug-likeness (QED) is 0.832. The van der Waals surface area contributed by atoms with Gasteiger partial charge in [0.05, 0.1) is 12.7 Å². The summed E-state index contributed by atoms with van der Waals surface area (Å²) >= 11 is 3.46. The normalized spacial score (nSPS) is 16.8. The Kier molecular flexibility index (Phi) is 5.65. The van der Waals surface area contributed by atoms with E-state index in [1.54, 1.807) is 13.2 Å². The molecule has 0 spiro atoms. The average Bonchev–Trinajstić information content (AvgIpc) is 2.54. The summed E-state index contributed by atoms with van der Waals surface area (Å²) in [6.07, 6.45) is 2.08. The van der Waals surface area contributed by atoms with Gasteiger partial charge in [0.2, 0.25) is 0 Å². The highest BCUT2D eigenvalue weighted by Gasteiger charge is 2.26. The maximum Gasteiger partial charge on any atom is 0.255 e. The molecule has 0 unspecified atom stereocenters. The van der Waals surface area contributed by atoms with Gasteiger partial charge in [-0.15, -0.1) is 0 Å². The van der Waals surface area contributed by atoms with Crippen LogP contribution >= 0.6 is 15.9 Å². The SMILES string of the molecule is CCN1CCC(N(C)C(=O)c2cc(OC)ccc2Br)CC1. The first-order valence-corrected chi connectivity index (χ1v) is 8.19. The second kappa shape index (κ2) is 7.27. The number of benzene rings is 1. The van der Waals surface area contributed by atoms with E-state index < -0.39 is 0 Å². The number of amides is 1. The molecular formula is C16H23BrN2O2. The summed E-state index contributed by atoms with van der Waals surface area (Å²) in [6, 6.07) is 5.82. The lowest BCUT2D eigenvalue weighted by Crippen LogP contribution is -2.45. The minimum Gasteiger partial charge on any atom is -0.497 e. The molecule has 5 heteroatoms. The summed E-state index contributed by atoms with van der Waals surface area (Å²) in [4.78, 5) is 17.0. The standard InChI is InChI=1S/C16H23BrN2O2/c1-4-19-9-7-12(8-10-19)18(2)16(20)14-11-13(21-3)5-6-15(14)17/h5-6,11-12H,4,7-10H2,1-3H3. The van der Waals surface area contributed by atoms with Crippen molar-refractivity contribution in [3.8, 4) is 5.75 Å². The molecule has 0 radical (unpaired) electrons. The van der Waals surface area contributed by atoms with Crippen LogP contribution < -0.4 is 4.74 Å². The van der Waals surface area contributed by atoms with Crippen LogP contribution in [-0.4, -0.2) is 55.5 Å². The van der Waals surface area contributed by atoms with Gasteiger partial charge in [-0.05, 0) is 53.5 Å². The van der Waals surface area contributed by atoms with Crippen LogP contribution in [-0.2, 0) is 0 Å². The number of rotatable bonds is 4. The maximum absolute atomic E-state index is 12.7. The summed E-state index contributed by atoms with van der Waals surface area (Å²) < 4.78 is 6.03. The number of carbonyl (C=O) groups excluding carboxylic acids is 1. The molecule has 1 aliphatic heterocycles. The number of halogens is 1. The van der Waals surface area contributed by atoms with Crippen molar-refractivity contribution in [1.29, 1.82) is 0 Å². The van der Waals surface area contributed by atoms with E-state index in [1.165, 1.54) is 0 Å². The fraction of sp³-hybridized carbons (Fsp3) is 0.562. The molecule has 1 aromatic carbocycles. The summed E-state index contributed by atoms with van der Waals surface area (Å²) in [5, 5.41) is 0. The topological polar surface area (TPSA) is 32.8 Å². The second-order valence-electron chi connectivity index (χ2n) is 5.43. The minimum absolute atomic E-state index is 0.0516. The molecular weight excluding hydrogens is 332 g/mol. The third-order valence-corrected chi connectivity index (χ3v) is 4.97. The Morgan fingerprint density at radius 1 is 1.43 bits per heavy atom. The van der Waals surface area contributed by atoms with Gasteiger partial charge >= 0.3 is 0 Å². The molecule has 1 saturated heterocycles. The van der Waals surface area contributed by atoms with Gasteiger partial charge in [-0.1, -0.05) is 6.92 Å². The zero-order chi connectivity index (χ0) is 15.4.